The van der Waals surface area contributed by atoms with E-state index >= 15 is 0 Å². The molecule has 0 saturated carbocycles. The first kappa shape index (κ1) is 17.7. The van der Waals surface area contributed by atoms with Crippen LogP contribution in [0.3, 0.4) is 0 Å². The lowest BCUT2D eigenvalue weighted by molar-refractivity contribution is -0.120. The quantitative estimate of drug-likeness (QED) is 0.623. The molecule has 2 aromatic rings. The van der Waals surface area contributed by atoms with Gasteiger partial charge in [0.2, 0.25) is 5.91 Å². The van der Waals surface area contributed by atoms with Crippen LogP contribution in [-0.2, 0) is 17.6 Å². The molecule has 1 N–H and O–H groups in total. The van der Waals surface area contributed by atoms with Crippen LogP contribution < -0.4 is 10.2 Å². The predicted molar refractivity (Wildman–Crippen MR) is 97.5 cm³/mol. The van der Waals surface area contributed by atoms with Gasteiger partial charge in [-0.05, 0) is 49.1 Å². The van der Waals surface area contributed by atoms with Crippen molar-refractivity contribution >= 4 is 11.6 Å². The molecule has 2 aromatic carbocycles. The third-order valence-corrected chi connectivity index (χ3v) is 3.73. The SMILES string of the molecule is CCOc1ccc(CC(=O)N/N=C(/C)c2ccc(CC)cc2)cc1. The Morgan fingerprint density at radius 3 is 2.21 bits per heavy atom. The van der Waals surface area contributed by atoms with Gasteiger partial charge < -0.3 is 4.74 Å². The lowest BCUT2D eigenvalue weighted by atomic mass is 10.1. The summed E-state index contributed by atoms with van der Waals surface area (Å²) in [6, 6.07) is 15.7. The zero-order valence-electron chi connectivity index (χ0n) is 14.5. The molecule has 0 aromatic heterocycles. The highest BCUT2D eigenvalue weighted by molar-refractivity contribution is 5.99. The van der Waals surface area contributed by atoms with Gasteiger partial charge >= 0.3 is 0 Å². The summed E-state index contributed by atoms with van der Waals surface area (Å²) in [5.41, 5.74) is 6.62. The van der Waals surface area contributed by atoms with E-state index in [0.717, 1.165) is 29.0 Å². The number of benzene rings is 2. The molecule has 0 aliphatic carbocycles. The smallest absolute Gasteiger partial charge is 0.244 e. The van der Waals surface area contributed by atoms with Gasteiger partial charge in [-0.2, -0.15) is 5.10 Å². The Hall–Kier alpha value is -2.62. The van der Waals surface area contributed by atoms with E-state index < -0.39 is 0 Å². The molecule has 4 nitrogen and oxygen atoms in total. The first-order chi connectivity index (χ1) is 11.6. The van der Waals surface area contributed by atoms with Crippen LogP contribution in [0.15, 0.2) is 53.6 Å². The minimum Gasteiger partial charge on any atom is -0.494 e. The lowest BCUT2D eigenvalue weighted by Gasteiger charge is -2.06. The number of nitrogens with zero attached hydrogens (tertiary/aromatic N) is 1. The zero-order valence-corrected chi connectivity index (χ0v) is 14.5. The minimum absolute atomic E-state index is 0.135. The lowest BCUT2D eigenvalue weighted by Crippen LogP contribution is -2.21. The topological polar surface area (TPSA) is 50.7 Å². The second-order valence-corrected chi connectivity index (χ2v) is 5.54. The summed E-state index contributed by atoms with van der Waals surface area (Å²) < 4.78 is 5.39. The van der Waals surface area contributed by atoms with Crippen LogP contribution in [0.1, 0.15) is 37.5 Å². The largest absolute Gasteiger partial charge is 0.494 e. The molecule has 0 aliphatic rings. The Balaban J connectivity index is 1.91. The Morgan fingerprint density at radius 2 is 1.62 bits per heavy atom. The molecule has 1 amide bonds. The summed E-state index contributed by atoms with van der Waals surface area (Å²) in [6.45, 7) is 6.58. The van der Waals surface area contributed by atoms with Gasteiger partial charge in [0.05, 0.1) is 18.7 Å². The van der Waals surface area contributed by atoms with Gasteiger partial charge in [0, 0.05) is 0 Å². The number of nitrogens with one attached hydrogen (secondary N) is 1. The van der Waals surface area contributed by atoms with Crippen LogP contribution in [0.2, 0.25) is 0 Å². The molecular weight excluding hydrogens is 300 g/mol. The number of hydrogen-bond donors (Lipinski definition) is 1. The highest BCUT2D eigenvalue weighted by Gasteiger charge is 2.04. The Labute approximate surface area is 143 Å². The average Bonchev–Trinajstić information content (AvgIpc) is 2.61. The van der Waals surface area contributed by atoms with Crippen molar-refractivity contribution in [3.05, 3.63) is 65.2 Å². The highest BCUT2D eigenvalue weighted by atomic mass is 16.5. The van der Waals surface area contributed by atoms with Crippen LogP contribution in [0, 0.1) is 0 Å². The number of carbonyl (C=O) groups is 1. The van der Waals surface area contributed by atoms with Gasteiger partial charge in [-0.3, -0.25) is 4.79 Å². The number of aryl methyl sites for hydroxylation is 1. The molecule has 0 radical (unpaired) electrons. The number of carbonyl (C=O) groups excluding carboxylic acids is 1. The third kappa shape index (κ3) is 5.23. The van der Waals surface area contributed by atoms with E-state index in [-0.39, 0.29) is 12.3 Å². The van der Waals surface area contributed by atoms with Crippen molar-refractivity contribution in [2.75, 3.05) is 6.61 Å². The molecule has 0 heterocycles. The van der Waals surface area contributed by atoms with Gasteiger partial charge in [0.15, 0.2) is 0 Å². The van der Waals surface area contributed by atoms with Crippen LogP contribution in [-0.4, -0.2) is 18.2 Å². The van der Waals surface area contributed by atoms with Crippen molar-refractivity contribution in [3.8, 4) is 5.75 Å². The summed E-state index contributed by atoms with van der Waals surface area (Å²) >= 11 is 0. The summed E-state index contributed by atoms with van der Waals surface area (Å²) in [4.78, 5) is 12.0. The van der Waals surface area contributed by atoms with Gasteiger partial charge in [-0.15, -0.1) is 0 Å². The van der Waals surface area contributed by atoms with Gasteiger partial charge in [0.25, 0.3) is 0 Å². The number of hydrazone groups is 1. The van der Waals surface area contributed by atoms with Gasteiger partial charge in [0.1, 0.15) is 5.75 Å². The Kier molecular flexibility index (Phi) is 6.55. The molecule has 4 heteroatoms. The normalized spacial score (nSPS) is 11.2. The van der Waals surface area contributed by atoms with Crippen LogP contribution >= 0.6 is 0 Å². The van der Waals surface area contributed by atoms with Gasteiger partial charge in [-0.1, -0.05) is 43.3 Å². The van der Waals surface area contributed by atoms with Crippen molar-refractivity contribution in [1.29, 1.82) is 0 Å². The second kappa shape index (κ2) is 8.87. The summed E-state index contributed by atoms with van der Waals surface area (Å²) in [5.74, 6) is 0.676. The number of amides is 1. The molecule has 0 unspecified atom stereocenters. The first-order valence-electron chi connectivity index (χ1n) is 8.26. The van der Waals surface area contributed by atoms with E-state index in [9.17, 15) is 4.79 Å². The van der Waals surface area contributed by atoms with E-state index in [1.165, 1.54) is 5.56 Å². The minimum atomic E-state index is -0.135. The molecule has 0 bridgehead atoms. The molecule has 0 saturated heterocycles. The fraction of sp³-hybridized carbons (Fsp3) is 0.300. The van der Waals surface area contributed by atoms with Crippen LogP contribution in [0.5, 0.6) is 5.75 Å². The summed E-state index contributed by atoms with van der Waals surface area (Å²) in [5, 5.41) is 4.19. The van der Waals surface area contributed by atoms with Crippen molar-refractivity contribution < 1.29 is 9.53 Å². The molecule has 2 rings (SSSR count). The Bertz CT molecular complexity index is 689. The number of hydrogen-bond acceptors (Lipinski definition) is 3. The van der Waals surface area contributed by atoms with Crippen molar-refractivity contribution in [1.82, 2.24) is 5.43 Å². The van der Waals surface area contributed by atoms with Gasteiger partial charge in [-0.25, -0.2) is 5.43 Å². The average molecular weight is 324 g/mol. The van der Waals surface area contributed by atoms with Crippen molar-refractivity contribution in [3.63, 3.8) is 0 Å². The zero-order chi connectivity index (χ0) is 17.4. The van der Waals surface area contributed by atoms with E-state index in [4.69, 9.17) is 4.74 Å². The molecule has 24 heavy (non-hydrogen) atoms. The highest BCUT2D eigenvalue weighted by Crippen LogP contribution is 2.12. The number of ether oxygens (including phenoxy) is 1. The molecular formula is C20H24N2O2. The molecule has 0 atom stereocenters. The monoisotopic (exact) mass is 324 g/mol. The molecule has 0 aliphatic heterocycles. The third-order valence-electron chi connectivity index (χ3n) is 3.73. The van der Waals surface area contributed by atoms with Crippen molar-refractivity contribution in [2.45, 2.75) is 33.6 Å². The maximum absolute atomic E-state index is 12.0. The second-order valence-electron chi connectivity index (χ2n) is 5.54. The molecule has 0 fully saturated rings. The first-order valence-corrected chi connectivity index (χ1v) is 8.26. The maximum atomic E-state index is 12.0. The fourth-order valence-corrected chi connectivity index (χ4v) is 2.29. The van der Waals surface area contributed by atoms with E-state index in [2.05, 4.69) is 29.6 Å². The predicted octanol–water partition coefficient (Wildman–Crippen LogP) is 3.73. The van der Waals surface area contributed by atoms with Crippen LogP contribution in [0.25, 0.3) is 0 Å². The summed E-state index contributed by atoms with van der Waals surface area (Å²) in [6.07, 6.45) is 1.30. The standard InChI is InChI=1S/C20H24N2O2/c1-4-16-6-10-18(11-7-16)15(3)21-22-20(23)14-17-8-12-19(13-9-17)24-5-2/h6-13H,4-5,14H2,1-3H3,(H,22,23)/b21-15-. The van der Waals surface area contributed by atoms with E-state index in [1.54, 1.807) is 0 Å². The van der Waals surface area contributed by atoms with Crippen LogP contribution in [0.4, 0.5) is 0 Å². The number of rotatable bonds is 7. The maximum Gasteiger partial charge on any atom is 0.244 e. The molecule has 0 spiro atoms. The van der Waals surface area contributed by atoms with E-state index in [1.807, 2.05) is 50.2 Å². The summed E-state index contributed by atoms with van der Waals surface area (Å²) in [7, 11) is 0. The van der Waals surface area contributed by atoms with E-state index in [0.29, 0.717) is 6.61 Å². The fourth-order valence-electron chi connectivity index (χ4n) is 2.29. The molecule has 126 valence electrons. The van der Waals surface area contributed by atoms with Crippen molar-refractivity contribution in [2.24, 2.45) is 5.10 Å². The Morgan fingerprint density at radius 1 is 1.00 bits per heavy atom.